The van der Waals surface area contributed by atoms with Crippen molar-refractivity contribution in [2.75, 3.05) is 6.54 Å². The highest BCUT2D eigenvalue weighted by Crippen LogP contribution is 2.31. The van der Waals surface area contributed by atoms with Gasteiger partial charge in [-0.2, -0.15) is 0 Å². The maximum atomic E-state index is 3.70. The van der Waals surface area contributed by atoms with E-state index < -0.39 is 0 Å². The average Bonchev–Trinajstić information content (AvgIpc) is 2.61. The van der Waals surface area contributed by atoms with E-state index in [1.165, 1.54) is 51.5 Å². The van der Waals surface area contributed by atoms with Crippen LogP contribution in [0.3, 0.4) is 0 Å². The van der Waals surface area contributed by atoms with E-state index in [9.17, 15) is 0 Å². The predicted molar refractivity (Wildman–Crippen MR) is 56.8 cm³/mol. The van der Waals surface area contributed by atoms with E-state index in [1.54, 1.807) is 0 Å². The molecule has 2 aliphatic rings. The van der Waals surface area contributed by atoms with Crippen LogP contribution >= 0.6 is 0 Å². The van der Waals surface area contributed by atoms with Gasteiger partial charge in [-0.25, -0.2) is 0 Å². The summed E-state index contributed by atoms with van der Waals surface area (Å²) >= 11 is 0. The molecule has 1 saturated carbocycles. The maximum Gasteiger partial charge on any atom is 0.00953 e. The first-order chi connectivity index (χ1) is 6.36. The van der Waals surface area contributed by atoms with Gasteiger partial charge in [-0.15, -0.1) is 0 Å². The minimum atomic E-state index is 0.844. The van der Waals surface area contributed by atoms with Crippen LogP contribution in [0.25, 0.3) is 0 Å². The lowest BCUT2D eigenvalue weighted by atomic mass is 9.86. The van der Waals surface area contributed by atoms with E-state index in [0.717, 1.165) is 17.9 Å². The predicted octanol–water partition coefficient (Wildman–Crippen LogP) is 2.95. The Labute approximate surface area is 82.3 Å². The first kappa shape index (κ1) is 9.51. The van der Waals surface area contributed by atoms with Crippen molar-refractivity contribution < 1.29 is 0 Å². The number of hydrogen-bond donors (Lipinski definition) is 1. The Morgan fingerprint density at radius 3 is 2.54 bits per heavy atom. The molecular weight excluding hydrogens is 158 g/mol. The number of hydrogen-bond acceptors (Lipinski definition) is 1. The first-order valence-electron chi connectivity index (χ1n) is 6.09. The Morgan fingerprint density at radius 2 is 1.85 bits per heavy atom. The summed E-state index contributed by atoms with van der Waals surface area (Å²) in [4.78, 5) is 0. The Morgan fingerprint density at radius 1 is 1.08 bits per heavy atom. The summed E-state index contributed by atoms with van der Waals surface area (Å²) in [6.07, 6.45) is 10.3. The number of nitrogens with one attached hydrogen (secondary N) is 1. The fourth-order valence-electron chi connectivity index (χ4n) is 3.03. The van der Waals surface area contributed by atoms with Crippen molar-refractivity contribution in [1.82, 2.24) is 5.32 Å². The molecule has 13 heavy (non-hydrogen) atoms. The summed E-state index contributed by atoms with van der Waals surface area (Å²) in [5.74, 6) is 1.98. The SMILES string of the molecule is CC1CCCNC1CC1CCCC1. The van der Waals surface area contributed by atoms with Crippen LogP contribution in [-0.4, -0.2) is 12.6 Å². The van der Waals surface area contributed by atoms with Crippen LogP contribution < -0.4 is 5.32 Å². The van der Waals surface area contributed by atoms with Crippen molar-refractivity contribution in [2.24, 2.45) is 11.8 Å². The van der Waals surface area contributed by atoms with Crippen LogP contribution in [0.1, 0.15) is 51.9 Å². The second-order valence-electron chi connectivity index (χ2n) is 5.07. The summed E-state index contributed by atoms with van der Waals surface area (Å²) in [7, 11) is 0. The van der Waals surface area contributed by atoms with Gasteiger partial charge in [0.15, 0.2) is 0 Å². The van der Waals surface area contributed by atoms with E-state index in [2.05, 4.69) is 12.2 Å². The molecule has 0 amide bonds. The lowest BCUT2D eigenvalue weighted by Crippen LogP contribution is -2.41. The van der Waals surface area contributed by atoms with Gasteiger partial charge in [-0.05, 0) is 37.6 Å². The van der Waals surface area contributed by atoms with Crippen LogP contribution in [0.4, 0.5) is 0 Å². The van der Waals surface area contributed by atoms with Crippen LogP contribution in [0, 0.1) is 11.8 Å². The average molecular weight is 181 g/mol. The van der Waals surface area contributed by atoms with Gasteiger partial charge in [0, 0.05) is 6.04 Å². The van der Waals surface area contributed by atoms with Crippen molar-refractivity contribution in [2.45, 2.75) is 57.9 Å². The summed E-state index contributed by atoms with van der Waals surface area (Å²) in [6.45, 7) is 3.69. The molecule has 2 atom stereocenters. The minimum Gasteiger partial charge on any atom is -0.314 e. The van der Waals surface area contributed by atoms with Crippen LogP contribution in [0.15, 0.2) is 0 Å². The van der Waals surface area contributed by atoms with Gasteiger partial charge in [-0.3, -0.25) is 0 Å². The standard InChI is InChI=1S/C12H23N/c1-10-5-4-8-13-12(10)9-11-6-2-3-7-11/h10-13H,2-9H2,1H3. The molecule has 1 nitrogen and oxygen atoms in total. The molecule has 0 bridgehead atoms. The van der Waals surface area contributed by atoms with E-state index in [-0.39, 0.29) is 0 Å². The second-order valence-corrected chi connectivity index (χ2v) is 5.07. The molecule has 1 heterocycles. The van der Waals surface area contributed by atoms with Gasteiger partial charge in [-0.1, -0.05) is 32.6 Å². The van der Waals surface area contributed by atoms with Crippen molar-refractivity contribution in [1.29, 1.82) is 0 Å². The van der Waals surface area contributed by atoms with Crippen LogP contribution in [-0.2, 0) is 0 Å². The zero-order chi connectivity index (χ0) is 9.10. The first-order valence-corrected chi connectivity index (χ1v) is 6.09. The molecule has 2 rings (SSSR count). The zero-order valence-electron chi connectivity index (χ0n) is 8.89. The van der Waals surface area contributed by atoms with Crippen LogP contribution in [0.5, 0.6) is 0 Å². The maximum absolute atomic E-state index is 3.70. The summed E-state index contributed by atoms with van der Waals surface area (Å²) in [6, 6.07) is 0.844. The van der Waals surface area contributed by atoms with E-state index >= 15 is 0 Å². The van der Waals surface area contributed by atoms with Gasteiger partial charge in [0.2, 0.25) is 0 Å². The Bertz CT molecular complexity index is 149. The molecule has 1 aliphatic heterocycles. The fourth-order valence-corrected chi connectivity index (χ4v) is 3.03. The topological polar surface area (TPSA) is 12.0 Å². The molecule has 76 valence electrons. The fraction of sp³-hybridized carbons (Fsp3) is 1.00. The third-order valence-corrected chi connectivity index (χ3v) is 3.99. The Balaban J connectivity index is 1.78. The Hall–Kier alpha value is -0.0400. The molecule has 0 aromatic carbocycles. The summed E-state index contributed by atoms with van der Waals surface area (Å²) < 4.78 is 0. The molecule has 2 unspecified atom stereocenters. The Kier molecular flexibility index (Phi) is 3.26. The van der Waals surface area contributed by atoms with Crippen molar-refractivity contribution in [3.05, 3.63) is 0 Å². The second kappa shape index (κ2) is 4.45. The molecular formula is C12H23N. The molecule has 1 aliphatic carbocycles. The van der Waals surface area contributed by atoms with Gasteiger partial charge >= 0.3 is 0 Å². The number of piperidine rings is 1. The molecule has 1 N–H and O–H groups in total. The quantitative estimate of drug-likeness (QED) is 0.690. The van der Waals surface area contributed by atoms with Gasteiger partial charge < -0.3 is 5.32 Å². The van der Waals surface area contributed by atoms with E-state index in [0.29, 0.717) is 0 Å². The van der Waals surface area contributed by atoms with E-state index in [1.807, 2.05) is 0 Å². The zero-order valence-corrected chi connectivity index (χ0v) is 8.89. The lowest BCUT2D eigenvalue weighted by Gasteiger charge is -2.32. The van der Waals surface area contributed by atoms with E-state index in [4.69, 9.17) is 0 Å². The lowest BCUT2D eigenvalue weighted by molar-refractivity contribution is 0.254. The highest BCUT2D eigenvalue weighted by molar-refractivity contribution is 4.82. The van der Waals surface area contributed by atoms with Crippen molar-refractivity contribution >= 4 is 0 Å². The number of rotatable bonds is 2. The highest BCUT2D eigenvalue weighted by atomic mass is 14.9. The van der Waals surface area contributed by atoms with Gasteiger partial charge in [0.1, 0.15) is 0 Å². The molecule has 0 aromatic heterocycles. The normalized spacial score (nSPS) is 36.7. The van der Waals surface area contributed by atoms with Gasteiger partial charge in [0.05, 0.1) is 0 Å². The largest absolute Gasteiger partial charge is 0.314 e. The monoisotopic (exact) mass is 181 g/mol. The summed E-state index contributed by atoms with van der Waals surface area (Å²) in [5, 5.41) is 3.70. The van der Waals surface area contributed by atoms with Gasteiger partial charge in [0.25, 0.3) is 0 Å². The molecule has 1 saturated heterocycles. The molecule has 1 heteroatoms. The highest BCUT2D eigenvalue weighted by Gasteiger charge is 2.25. The molecule has 0 aromatic rings. The molecule has 0 radical (unpaired) electrons. The third kappa shape index (κ3) is 2.46. The van der Waals surface area contributed by atoms with Crippen LogP contribution in [0.2, 0.25) is 0 Å². The summed E-state index contributed by atoms with van der Waals surface area (Å²) in [5.41, 5.74) is 0. The van der Waals surface area contributed by atoms with Crippen molar-refractivity contribution in [3.63, 3.8) is 0 Å². The molecule has 0 spiro atoms. The minimum absolute atomic E-state index is 0.844. The smallest absolute Gasteiger partial charge is 0.00953 e. The molecule has 2 fully saturated rings. The van der Waals surface area contributed by atoms with Crippen molar-refractivity contribution in [3.8, 4) is 0 Å². The third-order valence-electron chi connectivity index (χ3n) is 3.99.